The number of hydrogen-bond acceptors (Lipinski definition) is 2. The summed E-state index contributed by atoms with van der Waals surface area (Å²) < 4.78 is 1.60. The summed E-state index contributed by atoms with van der Waals surface area (Å²) in [5.41, 5.74) is 0.550. The zero-order chi connectivity index (χ0) is 14.4. The van der Waals surface area contributed by atoms with Crippen LogP contribution >= 0.6 is 31.9 Å². The predicted molar refractivity (Wildman–Crippen MR) is 82.1 cm³/mol. The molecule has 6 heteroatoms. The Morgan fingerprint density at radius 1 is 1.26 bits per heavy atom. The molecule has 19 heavy (non-hydrogen) atoms. The number of hydrogen-bond donors (Lipinski definition) is 1. The van der Waals surface area contributed by atoms with Crippen molar-refractivity contribution < 1.29 is 9.59 Å². The van der Waals surface area contributed by atoms with Gasteiger partial charge in [-0.15, -0.1) is 0 Å². The Hall–Kier alpha value is -0.880. The number of likely N-dealkylation sites (N-methyl/N-ethyl adjacent to an activating group) is 2. The molecule has 0 saturated heterocycles. The number of amides is 2. The number of halogens is 2. The van der Waals surface area contributed by atoms with E-state index in [9.17, 15) is 9.59 Å². The fraction of sp³-hybridized carbons (Fsp3) is 0.385. The Balaban J connectivity index is 2.86. The van der Waals surface area contributed by atoms with Crippen LogP contribution in [0.1, 0.15) is 24.2 Å². The Morgan fingerprint density at radius 2 is 1.95 bits per heavy atom. The van der Waals surface area contributed by atoms with E-state index in [2.05, 4.69) is 37.2 Å². The lowest BCUT2D eigenvalue weighted by Gasteiger charge is -2.21. The van der Waals surface area contributed by atoms with Crippen molar-refractivity contribution >= 4 is 43.7 Å². The van der Waals surface area contributed by atoms with Crippen LogP contribution in [-0.2, 0) is 4.79 Å². The minimum absolute atomic E-state index is 0.0751. The van der Waals surface area contributed by atoms with Gasteiger partial charge in [0.15, 0.2) is 0 Å². The predicted octanol–water partition coefficient (Wildman–Crippen LogP) is 2.81. The molecule has 0 unspecified atom stereocenters. The summed E-state index contributed by atoms with van der Waals surface area (Å²) in [5.74, 6) is -0.306. The van der Waals surface area contributed by atoms with Crippen LogP contribution < -0.4 is 5.32 Å². The second-order valence-electron chi connectivity index (χ2n) is 3.90. The van der Waals surface area contributed by atoms with Gasteiger partial charge in [-0.25, -0.2) is 0 Å². The van der Waals surface area contributed by atoms with E-state index in [-0.39, 0.29) is 18.4 Å². The molecule has 0 saturated carbocycles. The second-order valence-corrected chi connectivity index (χ2v) is 5.67. The van der Waals surface area contributed by atoms with Gasteiger partial charge in [0.25, 0.3) is 5.91 Å². The highest BCUT2D eigenvalue weighted by Crippen LogP contribution is 2.23. The Bertz CT molecular complexity index is 478. The molecule has 0 fully saturated rings. The molecule has 0 aromatic heterocycles. The quantitative estimate of drug-likeness (QED) is 0.838. The molecule has 0 heterocycles. The molecule has 1 aromatic carbocycles. The average Bonchev–Trinajstić information content (AvgIpc) is 2.35. The van der Waals surface area contributed by atoms with Gasteiger partial charge < -0.3 is 10.2 Å². The van der Waals surface area contributed by atoms with E-state index in [0.717, 1.165) is 4.47 Å². The first-order valence-electron chi connectivity index (χ1n) is 6.00. The number of nitrogens with zero attached hydrogens (tertiary/aromatic N) is 1. The molecule has 0 atom stereocenters. The van der Waals surface area contributed by atoms with Gasteiger partial charge in [0.2, 0.25) is 5.91 Å². The monoisotopic (exact) mass is 390 g/mol. The molecular formula is C13H16Br2N2O2. The van der Waals surface area contributed by atoms with Crippen LogP contribution in [0.4, 0.5) is 0 Å². The van der Waals surface area contributed by atoms with Gasteiger partial charge in [-0.2, -0.15) is 0 Å². The summed E-state index contributed by atoms with van der Waals surface area (Å²) in [6, 6.07) is 5.35. The maximum atomic E-state index is 12.3. The van der Waals surface area contributed by atoms with Crippen LogP contribution in [0.25, 0.3) is 0 Å². The lowest BCUT2D eigenvalue weighted by Crippen LogP contribution is -2.40. The summed E-state index contributed by atoms with van der Waals surface area (Å²) in [7, 11) is 0. The van der Waals surface area contributed by atoms with E-state index in [1.165, 1.54) is 4.90 Å². The fourth-order valence-electron chi connectivity index (χ4n) is 1.59. The zero-order valence-electron chi connectivity index (χ0n) is 10.9. The lowest BCUT2D eigenvalue weighted by atomic mass is 10.2. The molecule has 1 rings (SSSR count). The van der Waals surface area contributed by atoms with Gasteiger partial charge in [-0.05, 0) is 48.0 Å². The number of benzene rings is 1. The Kier molecular flexibility index (Phi) is 6.51. The number of nitrogens with one attached hydrogen (secondary N) is 1. The molecule has 2 amide bonds. The topological polar surface area (TPSA) is 49.4 Å². The van der Waals surface area contributed by atoms with E-state index >= 15 is 0 Å². The third kappa shape index (κ3) is 4.62. The standard InChI is InChI=1S/C13H16Br2N2O2/c1-3-16-12(18)8-17(4-2)13(19)10-6-5-9(14)7-11(10)15/h5-7H,3-4,8H2,1-2H3,(H,16,18). The average molecular weight is 392 g/mol. The molecule has 0 radical (unpaired) electrons. The summed E-state index contributed by atoms with van der Waals surface area (Å²) in [5, 5.41) is 2.69. The van der Waals surface area contributed by atoms with E-state index in [1.807, 2.05) is 19.9 Å². The van der Waals surface area contributed by atoms with Crippen LogP contribution in [0.2, 0.25) is 0 Å². The minimum Gasteiger partial charge on any atom is -0.355 e. The molecule has 0 spiro atoms. The van der Waals surface area contributed by atoms with Crippen molar-refractivity contribution in [2.45, 2.75) is 13.8 Å². The first-order chi connectivity index (χ1) is 8.99. The zero-order valence-corrected chi connectivity index (χ0v) is 14.0. The van der Waals surface area contributed by atoms with Crippen LogP contribution in [0.5, 0.6) is 0 Å². The molecule has 0 aliphatic carbocycles. The fourth-order valence-corrected chi connectivity index (χ4v) is 2.80. The Labute approximate surface area is 129 Å². The van der Waals surface area contributed by atoms with Gasteiger partial charge in [0.05, 0.1) is 12.1 Å². The van der Waals surface area contributed by atoms with Crippen molar-refractivity contribution in [3.63, 3.8) is 0 Å². The highest BCUT2D eigenvalue weighted by Gasteiger charge is 2.19. The third-order valence-corrected chi connectivity index (χ3v) is 3.69. The largest absolute Gasteiger partial charge is 0.355 e. The van der Waals surface area contributed by atoms with Gasteiger partial charge >= 0.3 is 0 Å². The second kappa shape index (κ2) is 7.65. The van der Waals surface area contributed by atoms with Crippen LogP contribution in [0, 0.1) is 0 Å². The molecule has 0 aliphatic heterocycles. The van der Waals surface area contributed by atoms with Crippen LogP contribution in [0.15, 0.2) is 27.1 Å². The highest BCUT2D eigenvalue weighted by atomic mass is 79.9. The maximum Gasteiger partial charge on any atom is 0.255 e. The van der Waals surface area contributed by atoms with Gasteiger partial charge in [-0.1, -0.05) is 15.9 Å². The number of carbonyl (C=O) groups is 2. The van der Waals surface area contributed by atoms with Crippen molar-refractivity contribution in [3.8, 4) is 0 Å². The van der Waals surface area contributed by atoms with E-state index in [1.54, 1.807) is 12.1 Å². The van der Waals surface area contributed by atoms with E-state index < -0.39 is 0 Å². The van der Waals surface area contributed by atoms with Crippen LogP contribution in [0.3, 0.4) is 0 Å². The summed E-state index contributed by atoms with van der Waals surface area (Å²) in [6.45, 7) is 4.82. The van der Waals surface area contributed by atoms with Crippen molar-refractivity contribution in [1.29, 1.82) is 0 Å². The van der Waals surface area contributed by atoms with Crippen molar-refractivity contribution in [1.82, 2.24) is 10.2 Å². The number of rotatable bonds is 5. The molecule has 0 aliphatic rings. The van der Waals surface area contributed by atoms with Gasteiger partial charge in [0, 0.05) is 22.0 Å². The van der Waals surface area contributed by atoms with Crippen molar-refractivity contribution in [3.05, 3.63) is 32.7 Å². The third-order valence-electron chi connectivity index (χ3n) is 2.54. The van der Waals surface area contributed by atoms with Crippen molar-refractivity contribution in [2.24, 2.45) is 0 Å². The highest BCUT2D eigenvalue weighted by molar-refractivity contribution is 9.11. The SMILES string of the molecule is CCNC(=O)CN(CC)C(=O)c1ccc(Br)cc1Br. The first kappa shape index (κ1) is 16.2. The molecule has 104 valence electrons. The molecule has 4 nitrogen and oxygen atoms in total. The molecular weight excluding hydrogens is 376 g/mol. The first-order valence-corrected chi connectivity index (χ1v) is 7.59. The maximum absolute atomic E-state index is 12.3. The molecule has 1 N–H and O–H groups in total. The van der Waals surface area contributed by atoms with Gasteiger partial charge in [-0.3, -0.25) is 9.59 Å². The van der Waals surface area contributed by atoms with E-state index in [0.29, 0.717) is 23.1 Å². The van der Waals surface area contributed by atoms with Gasteiger partial charge in [0.1, 0.15) is 0 Å². The minimum atomic E-state index is -0.159. The van der Waals surface area contributed by atoms with E-state index in [4.69, 9.17) is 0 Å². The van der Waals surface area contributed by atoms with Crippen molar-refractivity contribution in [2.75, 3.05) is 19.6 Å². The smallest absolute Gasteiger partial charge is 0.255 e. The lowest BCUT2D eigenvalue weighted by molar-refractivity contribution is -0.121. The number of carbonyl (C=O) groups excluding carboxylic acids is 2. The molecule has 1 aromatic rings. The summed E-state index contributed by atoms with van der Waals surface area (Å²) in [4.78, 5) is 25.4. The Morgan fingerprint density at radius 3 is 2.47 bits per heavy atom. The summed E-state index contributed by atoms with van der Waals surface area (Å²) >= 11 is 6.71. The molecule has 0 bridgehead atoms. The normalized spacial score (nSPS) is 10.1. The summed E-state index contributed by atoms with van der Waals surface area (Å²) in [6.07, 6.45) is 0. The van der Waals surface area contributed by atoms with Crippen LogP contribution in [-0.4, -0.2) is 36.3 Å².